The Bertz CT molecular complexity index is 1190. The molecule has 7 nitrogen and oxygen atoms in total. The number of fused-ring (bicyclic) bond motifs is 3. The van der Waals surface area contributed by atoms with Gasteiger partial charge in [0.05, 0.1) is 5.56 Å². The van der Waals surface area contributed by atoms with Crippen molar-refractivity contribution in [3.05, 3.63) is 89.5 Å². The van der Waals surface area contributed by atoms with Crippen molar-refractivity contribution in [2.24, 2.45) is 0 Å². The van der Waals surface area contributed by atoms with Gasteiger partial charge in [-0.25, -0.2) is 9.59 Å². The summed E-state index contributed by atoms with van der Waals surface area (Å²) in [6, 6.07) is 22.2. The molecule has 1 unspecified atom stereocenters. The summed E-state index contributed by atoms with van der Waals surface area (Å²) in [6.45, 7) is 2.17. The molecule has 1 atom stereocenters. The Balaban J connectivity index is 1.28. The third kappa shape index (κ3) is 5.69. The molecule has 0 radical (unpaired) electrons. The summed E-state index contributed by atoms with van der Waals surface area (Å²) in [6.07, 6.45) is 0.754. The van der Waals surface area contributed by atoms with Gasteiger partial charge in [0, 0.05) is 24.1 Å². The zero-order valence-electron chi connectivity index (χ0n) is 19.5. The second kappa shape index (κ2) is 10.9. The number of carbonyl (C=O) groups is 3. The molecular formula is C28H28N2O5. The number of anilines is 1. The van der Waals surface area contributed by atoms with Crippen molar-refractivity contribution >= 4 is 23.7 Å². The Kier molecular flexibility index (Phi) is 7.45. The van der Waals surface area contributed by atoms with Gasteiger partial charge in [-0.05, 0) is 53.3 Å². The monoisotopic (exact) mass is 472 g/mol. The molecule has 7 heteroatoms. The Morgan fingerprint density at radius 3 is 2.23 bits per heavy atom. The lowest BCUT2D eigenvalue weighted by Gasteiger charge is -2.19. The number of benzene rings is 3. The molecule has 2 amide bonds. The van der Waals surface area contributed by atoms with E-state index in [0.29, 0.717) is 18.5 Å². The summed E-state index contributed by atoms with van der Waals surface area (Å²) >= 11 is 0. The highest BCUT2D eigenvalue weighted by Gasteiger charge is 2.29. The number of hydrogen-bond donors (Lipinski definition) is 3. The largest absolute Gasteiger partial charge is 0.478 e. The Hall–Kier alpha value is -4.13. The second-order valence-electron chi connectivity index (χ2n) is 8.55. The van der Waals surface area contributed by atoms with Gasteiger partial charge in [0.1, 0.15) is 6.61 Å². The molecule has 1 aliphatic rings. The van der Waals surface area contributed by atoms with Gasteiger partial charge in [-0.15, -0.1) is 0 Å². The van der Waals surface area contributed by atoms with Gasteiger partial charge in [-0.1, -0.05) is 61.5 Å². The number of rotatable bonds is 9. The number of ether oxygens (including phenoxy) is 1. The van der Waals surface area contributed by atoms with E-state index in [1.807, 2.05) is 31.2 Å². The number of amides is 2. The van der Waals surface area contributed by atoms with E-state index in [2.05, 4.69) is 34.9 Å². The lowest BCUT2D eigenvalue weighted by atomic mass is 9.98. The maximum atomic E-state index is 12.5. The van der Waals surface area contributed by atoms with E-state index in [-0.39, 0.29) is 36.5 Å². The van der Waals surface area contributed by atoms with Gasteiger partial charge in [0.15, 0.2) is 0 Å². The predicted octanol–water partition coefficient (Wildman–Crippen LogP) is 5.42. The van der Waals surface area contributed by atoms with E-state index in [9.17, 15) is 14.4 Å². The minimum absolute atomic E-state index is 0.0134. The third-order valence-corrected chi connectivity index (χ3v) is 6.27. The molecular weight excluding hydrogens is 444 g/mol. The molecule has 0 heterocycles. The van der Waals surface area contributed by atoms with Crippen LogP contribution >= 0.6 is 0 Å². The molecule has 180 valence electrons. The zero-order valence-corrected chi connectivity index (χ0v) is 19.5. The maximum Gasteiger partial charge on any atom is 0.407 e. The van der Waals surface area contributed by atoms with Crippen molar-refractivity contribution in [3.8, 4) is 11.1 Å². The van der Waals surface area contributed by atoms with Crippen LogP contribution in [0.1, 0.15) is 53.6 Å². The second-order valence-corrected chi connectivity index (χ2v) is 8.55. The Labute approximate surface area is 204 Å². The molecule has 0 spiro atoms. The molecule has 0 aromatic heterocycles. The van der Waals surface area contributed by atoms with E-state index in [0.717, 1.165) is 11.1 Å². The fourth-order valence-electron chi connectivity index (χ4n) is 4.44. The standard InChI is InChI=1S/C28H28N2O5/c1-2-19(14-15-26(31)29-20-9-7-8-18(16-20)27(32)33)30-28(34)35-17-25-23-12-5-3-10-21(23)22-11-4-6-13-24(22)25/h3-13,16,19,25H,2,14-15,17H2,1H3,(H,29,31)(H,30,34)(H,32,33). The number of carboxylic acid groups (broad SMARTS) is 1. The fourth-order valence-corrected chi connectivity index (χ4v) is 4.44. The van der Waals surface area contributed by atoms with E-state index < -0.39 is 12.1 Å². The van der Waals surface area contributed by atoms with Crippen LogP contribution in [0.25, 0.3) is 11.1 Å². The molecule has 3 N–H and O–H groups in total. The molecule has 3 aromatic rings. The first-order valence-electron chi connectivity index (χ1n) is 11.7. The first-order valence-corrected chi connectivity index (χ1v) is 11.7. The molecule has 4 rings (SSSR count). The van der Waals surface area contributed by atoms with Crippen molar-refractivity contribution in [3.63, 3.8) is 0 Å². The number of aromatic carboxylic acids is 1. The highest BCUT2D eigenvalue weighted by atomic mass is 16.5. The van der Waals surface area contributed by atoms with Crippen LogP contribution in [-0.4, -0.2) is 35.7 Å². The normalized spacial score (nSPS) is 12.8. The maximum absolute atomic E-state index is 12.5. The minimum Gasteiger partial charge on any atom is -0.478 e. The van der Waals surface area contributed by atoms with Crippen molar-refractivity contribution in [2.75, 3.05) is 11.9 Å². The molecule has 0 bridgehead atoms. The molecule has 3 aromatic carbocycles. The quantitative estimate of drug-likeness (QED) is 0.386. The van der Waals surface area contributed by atoms with Crippen molar-refractivity contribution in [1.82, 2.24) is 5.32 Å². The SMILES string of the molecule is CCC(CCC(=O)Nc1cccc(C(=O)O)c1)NC(=O)OCC1c2ccccc2-c2ccccc21. The van der Waals surface area contributed by atoms with Crippen LogP contribution in [0.4, 0.5) is 10.5 Å². The average Bonchev–Trinajstić information content (AvgIpc) is 3.19. The van der Waals surface area contributed by atoms with Gasteiger partial charge in [-0.2, -0.15) is 0 Å². The molecule has 1 aliphatic carbocycles. The Morgan fingerprint density at radius 1 is 0.943 bits per heavy atom. The van der Waals surface area contributed by atoms with Gasteiger partial charge in [0.25, 0.3) is 0 Å². The fraction of sp³-hybridized carbons (Fsp3) is 0.250. The van der Waals surface area contributed by atoms with Gasteiger partial charge >= 0.3 is 12.1 Å². The summed E-state index contributed by atoms with van der Waals surface area (Å²) < 4.78 is 5.60. The molecule has 0 saturated heterocycles. The van der Waals surface area contributed by atoms with Gasteiger partial charge in [-0.3, -0.25) is 4.79 Å². The highest BCUT2D eigenvalue weighted by Crippen LogP contribution is 2.44. The molecule has 0 fully saturated rings. The topological polar surface area (TPSA) is 105 Å². The predicted molar refractivity (Wildman–Crippen MR) is 134 cm³/mol. The lowest BCUT2D eigenvalue weighted by molar-refractivity contribution is -0.116. The van der Waals surface area contributed by atoms with Gasteiger partial charge < -0.3 is 20.5 Å². The average molecular weight is 473 g/mol. The first kappa shape index (κ1) is 24.0. The molecule has 0 saturated carbocycles. The van der Waals surface area contributed by atoms with Crippen LogP contribution in [0.2, 0.25) is 0 Å². The summed E-state index contributed by atoms with van der Waals surface area (Å²) in [5, 5.41) is 14.6. The van der Waals surface area contributed by atoms with Crippen molar-refractivity contribution < 1.29 is 24.2 Å². The number of alkyl carbamates (subject to hydrolysis) is 1. The third-order valence-electron chi connectivity index (χ3n) is 6.27. The van der Waals surface area contributed by atoms with Crippen molar-refractivity contribution in [2.45, 2.75) is 38.1 Å². The molecule has 35 heavy (non-hydrogen) atoms. The summed E-state index contributed by atoms with van der Waals surface area (Å²) in [5.74, 6) is -1.32. The van der Waals surface area contributed by atoms with Crippen LogP contribution in [0, 0.1) is 0 Å². The summed E-state index contributed by atoms with van der Waals surface area (Å²) in [7, 11) is 0. The van der Waals surface area contributed by atoms with Crippen molar-refractivity contribution in [1.29, 1.82) is 0 Å². The smallest absolute Gasteiger partial charge is 0.407 e. The van der Waals surface area contributed by atoms with Crippen LogP contribution in [0.15, 0.2) is 72.8 Å². The molecule has 0 aliphatic heterocycles. The van der Waals surface area contributed by atoms with Gasteiger partial charge in [0.2, 0.25) is 5.91 Å². The van der Waals surface area contributed by atoms with Crippen LogP contribution in [0.3, 0.4) is 0 Å². The number of hydrogen-bond acceptors (Lipinski definition) is 4. The van der Waals surface area contributed by atoms with E-state index >= 15 is 0 Å². The first-order chi connectivity index (χ1) is 17.0. The number of carboxylic acids is 1. The lowest BCUT2D eigenvalue weighted by Crippen LogP contribution is -2.36. The number of nitrogens with one attached hydrogen (secondary N) is 2. The van der Waals surface area contributed by atoms with E-state index in [1.165, 1.54) is 23.3 Å². The van der Waals surface area contributed by atoms with Crippen LogP contribution in [-0.2, 0) is 9.53 Å². The summed E-state index contributed by atoms with van der Waals surface area (Å²) in [5.41, 5.74) is 5.17. The van der Waals surface area contributed by atoms with Crippen LogP contribution < -0.4 is 10.6 Å². The van der Waals surface area contributed by atoms with E-state index in [4.69, 9.17) is 9.84 Å². The minimum atomic E-state index is -1.06. The van der Waals surface area contributed by atoms with Crippen LogP contribution in [0.5, 0.6) is 0 Å². The van der Waals surface area contributed by atoms with E-state index in [1.54, 1.807) is 12.1 Å². The highest BCUT2D eigenvalue weighted by molar-refractivity contribution is 5.93. The number of carbonyl (C=O) groups excluding carboxylic acids is 2. The Morgan fingerprint density at radius 2 is 1.60 bits per heavy atom. The zero-order chi connectivity index (χ0) is 24.8. The summed E-state index contributed by atoms with van der Waals surface area (Å²) in [4.78, 5) is 36.0.